The maximum Gasteiger partial charge on any atom is 0.327 e. The zero-order valence-electron chi connectivity index (χ0n) is 11.4. The molecule has 0 bridgehead atoms. The van der Waals surface area contributed by atoms with Gasteiger partial charge in [0.05, 0.1) is 22.4 Å². The molecule has 0 saturated heterocycles. The molecule has 0 atom stereocenters. The average molecular weight is 329 g/mol. The van der Waals surface area contributed by atoms with Crippen molar-refractivity contribution in [1.82, 2.24) is 5.01 Å². The smallest absolute Gasteiger partial charge is 0.327 e. The molecule has 5 nitrogen and oxygen atoms in total. The van der Waals surface area contributed by atoms with Crippen LogP contribution < -0.4 is 0 Å². The Bertz CT molecular complexity index is 602. The highest BCUT2D eigenvalue weighted by molar-refractivity contribution is 6.42. The van der Waals surface area contributed by atoms with E-state index >= 15 is 0 Å². The van der Waals surface area contributed by atoms with Crippen LogP contribution in [0.5, 0.6) is 0 Å². The highest BCUT2D eigenvalue weighted by Crippen LogP contribution is 2.25. The zero-order chi connectivity index (χ0) is 15.4. The molecule has 21 heavy (non-hydrogen) atoms. The molecule has 1 heterocycles. The van der Waals surface area contributed by atoms with Crippen molar-refractivity contribution in [2.24, 2.45) is 5.10 Å². The van der Waals surface area contributed by atoms with E-state index in [-0.39, 0.29) is 19.1 Å². The van der Waals surface area contributed by atoms with Gasteiger partial charge in [-0.15, -0.1) is 0 Å². The third-order valence-electron chi connectivity index (χ3n) is 2.94. The van der Waals surface area contributed by atoms with Crippen molar-refractivity contribution >= 4 is 40.8 Å². The number of carbonyl (C=O) groups excluding carboxylic acids is 2. The summed E-state index contributed by atoms with van der Waals surface area (Å²) in [6.45, 7) is 1.79. The predicted molar refractivity (Wildman–Crippen MR) is 80.6 cm³/mol. The van der Waals surface area contributed by atoms with Crippen LogP contribution in [0, 0.1) is 0 Å². The number of esters is 1. The summed E-state index contributed by atoms with van der Waals surface area (Å²) in [5.74, 6) is -0.683. The van der Waals surface area contributed by atoms with Crippen LogP contribution >= 0.6 is 23.2 Å². The van der Waals surface area contributed by atoms with E-state index in [1.165, 1.54) is 0 Å². The summed E-state index contributed by atoms with van der Waals surface area (Å²) < 4.78 is 4.83. The van der Waals surface area contributed by atoms with E-state index in [1.807, 2.05) is 0 Å². The largest absolute Gasteiger partial charge is 0.465 e. The summed E-state index contributed by atoms with van der Waals surface area (Å²) >= 11 is 11.9. The van der Waals surface area contributed by atoms with E-state index in [2.05, 4.69) is 5.10 Å². The third kappa shape index (κ3) is 3.95. The number of amides is 1. The van der Waals surface area contributed by atoms with Gasteiger partial charge in [-0.2, -0.15) is 5.10 Å². The lowest BCUT2D eigenvalue weighted by Gasteiger charge is -2.23. The van der Waals surface area contributed by atoms with Crippen molar-refractivity contribution in [1.29, 1.82) is 0 Å². The van der Waals surface area contributed by atoms with Crippen LogP contribution in [0.4, 0.5) is 0 Å². The van der Waals surface area contributed by atoms with Gasteiger partial charge >= 0.3 is 5.97 Å². The second-order valence-electron chi connectivity index (χ2n) is 4.43. The van der Waals surface area contributed by atoms with Crippen molar-refractivity contribution in [2.75, 3.05) is 13.2 Å². The molecule has 0 fully saturated rings. The normalized spacial score (nSPS) is 14.9. The number of benzene rings is 1. The topological polar surface area (TPSA) is 59.0 Å². The molecule has 0 aliphatic carbocycles. The lowest BCUT2D eigenvalue weighted by Crippen LogP contribution is -2.36. The molecule has 1 aliphatic rings. The van der Waals surface area contributed by atoms with E-state index in [0.29, 0.717) is 28.6 Å². The number of hydrogen-bond donors (Lipinski definition) is 0. The maximum absolute atomic E-state index is 11.8. The van der Waals surface area contributed by atoms with Crippen LogP contribution in [0.1, 0.15) is 25.3 Å². The first-order valence-electron chi connectivity index (χ1n) is 6.50. The average Bonchev–Trinajstić information content (AvgIpc) is 2.44. The minimum atomic E-state index is -0.481. The Labute approximate surface area is 132 Å². The molecule has 2 rings (SSSR count). The van der Waals surface area contributed by atoms with E-state index in [9.17, 15) is 9.59 Å². The molecule has 0 saturated carbocycles. The summed E-state index contributed by atoms with van der Waals surface area (Å²) in [5.41, 5.74) is 1.48. The summed E-state index contributed by atoms with van der Waals surface area (Å²) in [6, 6.07) is 5.15. The summed E-state index contributed by atoms with van der Waals surface area (Å²) in [5, 5.41) is 6.24. The fourth-order valence-corrected chi connectivity index (χ4v) is 2.23. The highest BCUT2D eigenvalue weighted by atomic mass is 35.5. The van der Waals surface area contributed by atoms with E-state index in [1.54, 1.807) is 25.1 Å². The minimum Gasteiger partial charge on any atom is -0.465 e. The monoisotopic (exact) mass is 328 g/mol. The van der Waals surface area contributed by atoms with Crippen molar-refractivity contribution < 1.29 is 14.3 Å². The first-order chi connectivity index (χ1) is 10.0. The van der Waals surface area contributed by atoms with Crippen LogP contribution in [-0.4, -0.2) is 35.7 Å². The van der Waals surface area contributed by atoms with Crippen LogP contribution in [0.2, 0.25) is 10.0 Å². The Kier molecular flexibility index (Phi) is 5.20. The molecule has 1 aliphatic heterocycles. The molecule has 0 aromatic heterocycles. The summed E-state index contributed by atoms with van der Waals surface area (Å²) in [7, 11) is 0. The number of ether oxygens (including phenoxy) is 1. The molecule has 0 spiro atoms. The first kappa shape index (κ1) is 15.8. The Morgan fingerprint density at radius 1 is 1.33 bits per heavy atom. The molecule has 7 heteroatoms. The van der Waals surface area contributed by atoms with E-state index < -0.39 is 5.97 Å². The van der Waals surface area contributed by atoms with Gasteiger partial charge in [0.2, 0.25) is 5.91 Å². The molecule has 0 radical (unpaired) electrons. The Balaban J connectivity index is 2.21. The second kappa shape index (κ2) is 6.91. The van der Waals surface area contributed by atoms with Crippen molar-refractivity contribution in [3.63, 3.8) is 0 Å². The van der Waals surface area contributed by atoms with Gasteiger partial charge in [0, 0.05) is 12.8 Å². The lowest BCUT2D eigenvalue weighted by molar-refractivity contribution is -0.149. The van der Waals surface area contributed by atoms with E-state index in [4.69, 9.17) is 27.9 Å². The number of halogens is 2. The second-order valence-corrected chi connectivity index (χ2v) is 5.25. The van der Waals surface area contributed by atoms with E-state index in [0.717, 1.165) is 10.6 Å². The van der Waals surface area contributed by atoms with Crippen molar-refractivity contribution in [2.45, 2.75) is 19.8 Å². The number of hydrazone groups is 1. The van der Waals surface area contributed by atoms with Gasteiger partial charge in [0.25, 0.3) is 0 Å². The standard InChI is InChI=1S/C14H14Cl2N2O3/c1-2-21-14(20)8-18-13(19)6-5-12(17-18)9-3-4-10(15)11(16)7-9/h3-4,7H,2,5-6,8H2,1H3. The van der Waals surface area contributed by atoms with Gasteiger partial charge < -0.3 is 4.74 Å². The molecular weight excluding hydrogens is 315 g/mol. The molecule has 112 valence electrons. The number of rotatable bonds is 4. The molecule has 1 aromatic carbocycles. The Morgan fingerprint density at radius 2 is 2.10 bits per heavy atom. The van der Waals surface area contributed by atoms with Gasteiger partial charge in [-0.05, 0) is 24.6 Å². The van der Waals surface area contributed by atoms with Crippen LogP contribution in [0.25, 0.3) is 0 Å². The van der Waals surface area contributed by atoms with Crippen LogP contribution in [0.3, 0.4) is 0 Å². The summed E-state index contributed by atoms with van der Waals surface area (Å²) in [6.07, 6.45) is 0.786. The number of carbonyl (C=O) groups is 2. The highest BCUT2D eigenvalue weighted by Gasteiger charge is 2.24. The number of hydrogen-bond acceptors (Lipinski definition) is 4. The molecule has 0 unspecified atom stereocenters. The fourth-order valence-electron chi connectivity index (χ4n) is 1.94. The molecular formula is C14H14Cl2N2O3. The van der Waals surface area contributed by atoms with Crippen molar-refractivity contribution in [3.05, 3.63) is 33.8 Å². The lowest BCUT2D eigenvalue weighted by atomic mass is 10.0. The SMILES string of the molecule is CCOC(=O)CN1N=C(c2ccc(Cl)c(Cl)c2)CCC1=O. The maximum atomic E-state index is 11.8. The van der Waals surface area contributed by atoms with Crippen molar-refractivity contribution in [3.8, 4) is 0 Å². The van der Waals surface area contributed by atoms with Gasteiger partial charge in [-0.25, -0.2) is 5.01 Å². The van der Waals surface area contributed by atoms with Crippen LogP contribution in [0.15, 0.2) is 23.3 Å². The quantitative estimate of drug-likeness (QED) is 0.798. The summed E-state index contributed by atoms with van der Waals surface area (Å²) in [4.78, 5) is 23.3. The molecule has 1 amide bonds. The predicted octanol–water partition coefficient (Wildman–Crippen LogP) is 2.88. The van der Waals surface area contributed by atoms with Gasteiger partial charge in [-0.1, -0.05) is 29.3 Å². The van der Waals surface area contributed by atoms with Gasteiger partial charge in [-0.3, -0.25) is 9.59 Å². The van der Waals surface area contributed by atoms with Gasteiger partial charge in [0.1, 0.15) is 6.54 Å². The Morgan fingerprint density at radius 3 is 2.76 bits per heavy atom. The number of nitrogens with zero attached hydrogens (tertiary/aromatic N) is 2. The first-order valence-corrected chi connectivity index (χ1v) is 7.25. The van der Waals surface area contributed by atoms with Crippen LogP contribution in [-0.2, 0) is 14.3 Å². The van der Waals surface area contributed by atoms with Gasteiger partial charge in [0.15, 0.2) is 0 Å². The third-order valence-corrected chi connectivity index (χ3v) is 3.68. The fraction of sp³-hybridized carbons (Fsp3) is 0.357. The Hall–Kier alpha value is -1.59. The molecule has 0 N–H and O–H groups in total. The molecule has 1 aromatic rings. The minimum absolute atomic E-state index is 0.183. The zero-order valence-corrected chi connectivity index (χ0v) is 12.9.